The van der Waals surface area contributed by atoms with E-state index >= 15 is 0 Å². The van der Waals surface area contributed by atoms with E-state index in [4.69, 9.17) is 5.73 Å². The van der Waals surface area contributed by atoms with Crippen molar-refractivity contribution in [2.75, 3.05) is 12.3 Å². The maximum absolute atomic E-state index is 12.8. The second-order valence-electron chi connectivity index (χ2n) is 5.57. The van der Waals surface area contributed by atoms with Crippen LogP contribution in [0.4, 0.5) is 5.69 Å². The van der Waals surface area contributed by atoms with Crippen LogP contribution in [0.25, 0.3) is 0 Å². The number of carbonyl (C=O) groups is 1. The van der Waals surface area contributed by atoms with Crippen molar-refractivity contribution < 1.29 is 4.79 Å². The summed E-state index contributed by atoms with van der Waals surface area (Å²) in [6, 6.07) is 7.89. The molecule has 1 amide bonds. The average Bonchev–Trinajstić information content (AvgIpc) is 2.56. The minimum Gasteiger partial charge on any atom is -0.392 e. The summed E-state index contributed by atoms with van der Waals surface area (Å²) in [6.07, 6.45) is 1.46. The van der Waals surface area contributed by atoms with E-state index in [1.54, 1.807) is 4.90 Å². The lowest BCUT2D eigenvalue weighted by Crippen LogP contribution is -2.42. The fraction of sp³-hybridized carbons (Fsp3) is 0.312. The number of fused-ring (bicyclic) bond motifs is 1. The molecule has 7 nitrogen and oxygen atoms in total. The van der Waals surface area contributed by atoms with Crippen molar-refractivity contribution in [3.63, 3.8) is 0 Å². The summed E-state index contributed by atoms with van der Waals surface area (Å²) in [6.45, 7) is 2.51. The molecule has 23 heavy (non-hydrogen) atoms. The van der Waals surface area contributed by atoms with Gasteiger partial charge in [-0.05, 0) is 24.0 Å². The lowest BCUT2D eigenvalue weighted by molar-refractivity contribution is 0.0650. The van der Waals surface area contributed by atoms with E-state index in [1.807, 2.05) is 30.1 Å². The minimum atomic E-state index is -0.748. The Morgan fingerprint density at radius 2 is 2.04 bits per heavy atom. The molecule has 0 bridgehead atoms. The van der Waals surface area contributed by atoms with Crippen LogP contribution < -0.4 is 17.0 Å². The van der Waals surface area contributed by atoms with Crippen LogP contribution in [0.15, 0.2) is 33.9 Å². The number of nitrogen functional groups attached to an aromatic ring is 1. The first-order valence-electron chi connectivity index (χ1n) is 7.53. The molecule has 1 aromatic heterocycles. The van der Waals surface area contributed by atoms with E-state index < -0.39 is 17.2 Å². The number of carbonyl (C=O) groups excluding carboxylic acids is 1. The van der Waals surface area contributed by atoms with Gasteiger partial charge in [0.15, 0.2) is 0 Å². The molecule has 3 rings (SSSR count). The van der Waals surface area contributed by atoms with Crippen molar-refractivity contribution in [1.29, 1.82) is 0 Å². The summed E-state index contributed by atoms with van der Waals surface area (Å²) in [5, 5.41) is 0. The third kappa shape index (κ3) is 2.54. The van der Waals surface area contributed by atoms with Crippen molar-refractivity contribution in [2.45, 2.75) is 25.8 Å². The first-order valence-corrected chi connectivity index (χ1v) is 7.53. The zero-order chi connectivity index (χ0) is 16.6. The second-order valence-corrected chi connectivity index (χ2v) is 5.57. The number of H-pyrrole nitrogens is 2. The zero-order valence-corrected chi connectivity index (χ0v) is 12.8. The van der Waals surface area contributed by atoms with E-state index in [-0.39, 0.29) is 17.4 Å². The highest BCUT2D eigenvalue weighted by molar-refractivity contribution is 5.97. The lowest BCUT2D eigenvalue weighted by atomic mass is 9.91. The molecule has 1 aliphatic rings. The van der Waals surface area contributed by atoms with Crippen molar-refractivity contribution >= 4 is 11.6 Å². The summed E-state index contributed by atoms with van der Waals surface area (Å²) >= 11 is 0. The molecule has 1 aromatic carbocycles. The number of aromatic amines is 2. The Hall–Kier alpha value is -2.83. The van der Waals surface area contributed by atoms with Crippen molar-refractivity contribution in [1.82, 2.24) is 14.9 Å². The van der Waals surface area contributed by atoms with Crippen molar-refractivity contribution in [3.05, 3.63) is 61.9 Å². The number of amides is 1. The van der Waals surface area contributed by atoms with Gasteiger partial charge in [-0.2, -0.15) is 0 Å². The van der Waals surface area contributed by atoms with Crippen LogP contribution in [-0.2, 0) is 6.42 Å². The van der Waals surface area contributed by atoms with Gasteiger partial charge in [-0.15, -0.1) is 0 Å². The smallest absolute Gasteiger partial charge is 0.326 e. The fourth-order valence-electron chi connectivity index (χ4n) is 3.14. The van der Waals surface area contributed by atoms with Gasteiger partial charge in [-0.1, -0.05) is 31.2 Å². The van der Waals surface area contributed by atoms with E-state index in [0.717, 1.165) is 18.4 Å². The molecule has 7 heteroatoms. The summed E-state index contributed by atoms with van der Waals surface area (Å²) < 4.78 is 0. The van der Waals surface area contributed by atoms with Gasteiger partial charge < -0.3 is 15.6 Å². The molecular weight excluding hydrogens is 296 g/mol. The molecule has 0 saturated heterocycles. The molecule has 0 radical (unpaired) electrons. The maximum Gasteiger partial charge on any atom is 0.326 e. The highest BCUT2D eigenvalue weighted by atomic mass is 16.2. The first kappa shape index (κ1) is 15.1. The normalized spacial score (nSPS) is 16.9. The van der Waals surface area contributed by atoms with Gasteiger partial charge in [0.2, 0.25) is 0 Å². The Bertz CT molecular complexity index is 868. The van der Waals surface area contributed by atoms with Gasteiger partial charge in [-0.25, -0.2) is 4.79 Å². The number of benzene rings is 1. The first-order chi connectivity index (χ1) is 11.0. The molecule has 2 aromatic rings. The SMILES string of the molecule is CC[C@H]1c2ccccc2CCN1C(=O)c1[nH]c(=O)[nH]c(=O)c1N. The van der Waals surface area contributed by atoms with Crippen LogP contribution in [0.2, 0.25) is 0 Å². The van der Waals surface area contributed by atoms with Gasteiger partial charge in [0.1, 0.15) is 11.4 Å². The van der Waals surface area contributed by atoms with Gasteiger partial charge in [0, 0.05) is 6.54 Å². The fourth-order valence-corrected chi connectivity index (χ4v) is 3.14. The summed E-state index contributed by atoms with van der Waals surface area (Å²) in [5.74, 6) is -0.424. The Labute approximate surface area is 132 Å². The molecule has 1 aliphatic heterocycles. The number of nitrogens with one attached hydrogen (secondary N) is 2. The number of hydrogen-bond acceptors (Lipinski definition) is 4. The number of hydrogen-bond donors (Lipinski definition) is 3. The summed E-state index contributed by atoms with van der Waals surface area (Å²) in [7, 11) is 0. The van der Waals surface area contributed by atoms with E-state index in [0.29, 0.717) is 6.54 Å². The van der Waals surface area contributed by atoms with Crippen LogP contribution in [0, 0.1) is 0 Å². The molecule has 0 fully saturated rings. The molecule has 0 saturated carbocycles. The summed E-state index contributed by atoms with van der Waals surface area (Å²) in [4.78, 5) is 42.0. The largest absolute Gasteiger partial charge is 0.392 e. The Balaban J connectivity index is 2.04. The van der Waals surface area contributed by atoms with Gasteiger partial charge in [0.25, 0.3) is 11.5 Å². The van der Waals surface area contributed by atoms with E-state index in [1.165, 1.54) is 5.56 Å². The van der Waals surface area contributed by atoms with E-state index in [2.05, 4.69) is 11.1 Å². The Kier molecular flexibility index (Phi) is 3.77. The molecule has 2 heterocycles. The van der Waals surface area contributed by atoms with Gasteiger partial charge in [0.05, 0.1) is 6.04 Å². The lowest BCUT2D eigenvalue weighted by Gasteiger charge is -2.37. The second kappa shape index (κ2) is 5.75. The maximum atomic E-state index is 12.8. The van der Waals surface area contributed by atoms with Crippen LogP contribution in [0.1, 0.15) is 41.0 Å². The number of nitrogens with two attached hydrogens (primary N) is 1. The number of nitrogens with zero attached hydrogens (tertiary/aromatic N) is 1. The van der Waals surface area contributed by atoms with Crippen molar-refractivity contribution in [2.24, 2.45) is 0 Å². The van der Waals surface area contributed by atoms with Gasteiger partial charge >= 0.3 is 5.69 Å². The highest BCUT2D eigenvalue weighted by Gasteiger charge is 2.31. The number of rotatable bonds is 2. The predicted octanol–water partition coefficient (Wildman–Crippen LogP) is 0.795. The average molecular weight is 314 g/mol. The van der Waals surface area contributed by atoms with Crippen LogP contribution in [0.5, 0.6) is 0 Å². The third-order valence-corrected chi connectivity index (χ3v) is 4.25. The predicted molar refractivity (Wildman–Crippen MR) is 86.3 cm³/mol. The van der Waals surface area contributed by atoms with Crippen molar-refractivity contribution in [3.8, 4) is 0 Å². The molecule has 0 spiro atoms. The van der Waals surface area contributed by atoms with Gasteiger partial charge in [-0.3, -0.25) is 14.6 Å². The minimum absolute atomic E-state index is 0.102. The molecule has 4 N–H and O–H groups in total. The topological polar surface area (TPSA) is 112 Å². The Morgan fingerprint density at radius 1 is 1.30 bits per heavy atom. The van der Waals surface area contributed by atoms with Crippen LogP contribution in [0.3, 0.4) is 0 Å². The quantitative estimate of drug-likeness (QED) is 0.761. The molecule has 0 aliphatic carbocycles. The van der Waals surface area contributed by atoms with Crippen LogP contribution >= 0.6 is 0 Å². The standard InChI is InChI=1S/C16H18N4O3/c1-2-11-10-6-4-3-5-9(10)7-8-20(11)15(22)13-12(17)14(21)19-16(23)18-13/h3-6,11H,2,7-8,17H2,1H3,(H2,18,19,21,23)/t11-/m0/s1. The highest BCUT2D eigenvalue weighted by Crippen LogP contribution is 2.33. The molecule has 1 atom stereocenters. The molecular formula is C16H18N4O3. The summed E-state index contributed by atoms with van der Waals surface area (Å²) in [5.41, 5.74) is 6.11. The zero-order valence-electron chi connectivity index (χ0n) is 12.8. The number of aromatic nitrogens is 2. The van der Waals surface area contributed by atoms with Crippen LogP contribution in [-0.4, -0.2) is 27.3 Å². The third-order valence-electron chi connectivity index (χ3n) is 4.25. The monoisotopic (exact) mass is 314 g/mol. The number of anilines is 1. The van der Waals surface area contributed by atoms with E-state index in [9.17, 15) is 14.4 Å². The Morgan fingerprint density at radius 3 is 2.78 bits per heavy atom. The molecule has 120 valence electrons. The molecule has 0 unspecified atom stereocenters.